The first-order chi connectivity index (χ1) is 16.2. The SMILES string of the molecule is C=C1C2=C(CCC2)C(c2ccc(N(C)C)cc2)=NN1c1cc(N2CCCC2)ccc1C(F)(F)F. The monoisotopic (exact) mass is 466 g/mol. The number of allylic oxidation sites excluding steroid dienone is 2. The van der Waals surface area contributed by atoms with E-state index in [1.165, 1.54) is 11.1 Å². The summed E-state index contributed by atoms with van der Waals surface area (Å²) < 4.78 is 42.3. The highest BCUT2D eigenvalue weighted by Gasteiger charge is 2.38. The molecule has 5 rings (SSSR count). The van der Waals surface area contributed by atoms with Crippen molar-refractivity contribution in [2.24, 2.45) is 5.10 Å². The van der Waals surface area contributed by atoms with Crippen LogP contribution in [0.3, 0.4) is 0 Å². The third-order valence-corrected chi connectivity index (χ3v) is 6.95. The normalized spacial score (nSPS) is 18.5. The van der Waals surface area contributed by atoms with E-state index in [9.17, 15) is 13.2 Å². The molecule has 2 aliphatic heterocycles. The van der Waals surface area contributed by atoms with Crippen LogP contribution in [0.4, 0.5) is 30.2 Å². The van der Waals surface area contributed by atoms with Gasteiger partial charge in [0.1, 0.15) is 0 Å². The maximum Gasteiger partial charge on any atom is 0.418 e. The molecule has 0 atom stereocenters. The van der Waals surface area contributed by atoms with E-state index in [2.05, 4.69) is 11.5 Å². The molecule has 34 heavy (non-hydrogen) atoms. The van der Waals surface area contributed by atoms with Crippen molar-refractivity contribution in [3.63, 3.8) is 0 Å². The van der Waals surface area contributed by atoms with Crippen LogP contribution in [0.2, 0.25) is 0 Å². The van der Waals surface area contributed by atoms with Crippen molar-refractivity contribution in [1.82, 2.24) is 0 Å². The molecule has 2 aromatic carbocycles. The fourth-order valence-corrected chi connectivity index (χ4v) is 5.13. The van der Waals surface area contributed by atoms with Gasteiger partial charge in [-0.25, -0.2) is 5.01 Å². The fraction of sp³-hybridized carbons (Fsp3) is 0.370. The first-order valence-electron chi connectivity index (χ1n) is 11.8. The molecule has 2 heterocycles. The molecule has 0 radical (unpaired) electrons. The van der Waals surface area contributed by atoms with Crippen LogP contribution in [-0.2, 0) is 6.18 Å². The molecule has 1 saturated heterocycles. The van der Waals surface area contributed by atoms with E-state index >= 15 is 0 Å². The Bertz CT molecular complexity index is 1170. The summed E-state index contributed by atoms with van der Waals surface area (Å²) >= 11 is 0. The van der Waals surface area contributed by atoms with Crippen LogP contribution in [0.25, 0.3) is 0 Å². The van der Waals surface area contributed by atoms with Gasteiger partial charge >= 0.3 is 6.18 Å². The van der Waals surface area contributed by atoms with Crippen LogP contribution in [0, 0.1) is 0 Å². The van der Waals surface area contributed by atoms with Crippen molar-refractivity contribution in [2.45, 2.75) is 38.3 Å². The van der Waals surface area contributed by atoms with Crippen LogP contribution in [0.1, 0.15) is 43.2 Å². The Morgan fingerprint density at radius 2 is 1.59 bits per heavy atom. The number of nitrogens with zero attached hydrogens (tertiary/aromatic N) is 4. The minimum atomic E-state index is -4.49. The van der Waals surface area contributed by atoms with Crippen molar-refractivity contribution in [3.8, 4) is 0 Å². The summed E-state index contributed by atoms with van der Waals surface area (Å²) in [5.41, 5.74) is 5.51. The van der Waals surface area contributed by atoms with E-state index < -0.39 is 11.7 Å². The van der Waals surface area contributed by atoms with E-state index in [1.54, 1.807) is 12.1 Å². The quantitative estimate of drug-likeness (QED) is 0.508. The van der Waals surface area contributed by atoms with Gasteiger partial charge < -0.3 is 9.80 Å². The maximum absolute atomic E-state index is 14.1. The summed E-state index contributed by atoms with van der Waals surface area (Å²) in [6.07, 6.45) is 0.213. The molecular weight excluding hydrogens is 437 g/mol. The molecule has 1 aliphatic carbocycles. The van der Waals surface area contributed by atoms with E-state index in [1.807, 2.05) is 43.3 Å². The fourth-order valence-electron chi connectivity index (χ4n) is 5.13. The van der Waals surface area contributed by atoms with Gasteiger partial charge in [-0.05, 0) is 73.6 Å². The Labute approximate surface area is 198 Å². The number of benzene rings is 2. The van der Waals surface area contributed by atoms with E-state index in [4.69, 9.17) is 5.10 Å². The van der Waals surface area contributed by atoms with Crippen molar-refractivity contribution < 1.29 is 13.2 Å². The molecule has 0 spiro atoms. The molecule has 0 saturated carbocycles. The molecule has 178 valence electrons. The third-order valence-electron chi connectivity index (χ3n) is 6.95. The minimum absolute atomic E-state index is 0.0442. The van der Waals surface area contributed by atoms with Crippen LogP contribution in [0.15, 0.2) is 71.0 Å². The average molecular weight is 467 g/mol. The molecule has 3 aliphatic rings. The number of alkyl halides is 3. The van der Waals surface area contributed by atoms with Crippen LogP contribution < -0.4 is 14.8 Å². The first kappa shape index (κ1) is 22.6. The number of halogens is 3. The van der Waals surface area contributed by atoms with Gasteiger partial charge in [-0.1, -0.05) is 18.7 Å². The maximum atomic E-state index is 14.1. The van der Waals surface area contributed by atoms with Crippen molar-refractivity contribution >= 4 is 22.8 Å². The second-order valence-electron chi connectivity index (χ2n) is 9.35. The van der Waals surface area contributed by atoms with Gasteiger partial charge in [0.2, 0.25) is 0 Å². The first-order valence-corrected chi connectivity index (χ1v) is 11.8. The highest BCUT2D eigenvalue weighted by atomic mass is 19.4. The Balaban J connectivity index is 1.64. The van der Waals surface area contributed by atoms with Gasteiger partial charge in [0, 0.05) is 44.1 Å². The summed E-state index contributed by atoms with van der Waals surface area (Å²) in [6, 6.07) is 12.4. The zero-order valence-electron chi connectivity index (χ0n) is 19.6. The van der Waals surface area contributed by atoms with Crippen LogP contribution in [0.5, 0.6) is 0 Å². The highest BCUT2D eigenvalue weighted by molar-refractivity contribution is 6.15. The number of hydrazone groups is 1. The summed E-state index contributed by atoms with van der Waals surface area (Å²) in [6.45, 7) is 5.91. The van der Waals surface area contributed by atoms with Gasteiger partial charge in [0.25, 0.3) is 0 Å². The number of anilines is 3. The van der Waals surface area contributed by atoms with Gasteiger partial charge in [0.05, 0.1) is 22.7 Å². The zero-order valence-corrected chi connectivity index (χ0v) is 19.6. The highest BCUT2D eigenvalue weighted by Crippen LogP contribution is 2.45. The lowest BCUT2D eigenvalue weighted by Gasteiger charge is -2.32. The summed E-state index contributed by atoms with van der Waals surface area (Å²) in [7, 11) is 3.95. The zero-order chi connectivity index (χ0) is 24.0. The van der Waals surface area contributed by atoms with Crippen molar-refractivity contribution in [1.29, 1.82) is 0 Å². The van der Waals surface area contributed by atoms with E-state index in [-0.39, 0.29) is 5.69 Å². The number of rotatable bonds is 4. The minimum Gasteiger partial charge on any atom is -0.378 e. The van der Waals surface area contributed by atoms with Gasteiger partial charge in [0.15, 0.2) is 0 Å². The average Bonchev–Trinajstić information content (AvgIpc) is 3.51. The summed E-state index contributed by atoms with van der Waals surface area (Å²) in [5, 5.41) is 6.26. The number of hydrogen-bond acceptors (Lipinski definition) is 4. The smallest absolute Gasteiger partial charge is 0.378 e. The van der Waals surface area contributed by atoms with E-state index in [0.29, 0.717) is 5.70 Å². The Kier molecular flexibility index (Phi) is 5.66. The Morgan fingerprint density at radius 3 is 2.24 bits per heavy atom. The molecule has 0 N–H and O–H groups in total. The van der Waals surface area contributed by atoms with Crippen LogP contribution in [-0.4, -0.2) is 32.9 Å². The van der Waals surface area contributed by atoms with E-state index in [0.717, 1.165) is 79.0 Å². The molecule has 4 nitrogen and oxygen atoms in total. The topological polar surface area (TPSA) is 22.1 Å². The Hall–Kier alpha value is -3.22. The Morgan fingerprint density at radius 1 is 0.912 bits per heavy atom. The summed E-state index contributed by atoms with van der Waals surface area (Å²) in [5.74, 6) is 0. The molecular formula is C27H29F3N4. The predicted molar refractivity (Wildman–Crippen MR) is 133 cm³/mol. The standard InChI is InChI=1S/C27H29F3N4/c1-18-22-7-6-8-23(22)26(19-9-11-20(12-10-19)32(2)3)31-34(18)25-17-21(33-15-4-5-16-33)13-14-24(25)27(28,29)30/h9-14,17H,1,4-8,15-16H2,2-3H3. The second kappa shape index (κ2) is 8.53. The van der Waals surface area contributed by atoms with Gasteiger partial charge in [-0.2, -0.15) is 18.3 Å². The molecule has 0 unspecified atom stereocenters. The second-order valence-corrected chi connectivity index (χ2v) is 9.35. The van der Waals surface area contributed by atoms with Gasteiger partial charge in [-0.15, -0.1) is 0 Å². The van der Waals surface area contributed by atoms with Crippen LogP contribution >= 0.6 is 0 Å². The van der Waals surface area contributed by atoms with Gasteiger partial charge in [-0.3, -0.25) is 0 Å². The number of hydrogen-bond donors (Lipinski definition) is 0. The van der Waals surface area contributed by atoms with Crippen molar-refractivity contribution in [3.05, 3.63) is 77.0 Å². The predicted octanol–water partition coefficient (Wildman–Crippen LogP) is 6.59. The lowest BCUT2D eigenvalue weighted by Crippen LogP contribution is -2.28. The molecule has 2 aromatic rings. The third kappa shape index (κ3) is 3.97. The molecule has 0 amide bonds. The lowest BCUT2D eigenvalue weighted by molar-refractivity contribution is -0.137. The largest absolute Gasteiger partial charge is 0.418 e. The molecule has 1 fully saturated rings. The molecule has 7 heteroatoms. The van der Waals surface area contributed by atoms with Crippen molar-refractivity contribution in [2.75, 3.05) is 42.0 Å². The molecule has 0 aromatic heterocycles. The molecule has 0 bridgehead atoms. The summed E-state index contributed by atoms with van der Waals surface area (Å²) in [4.78, 5) is 4.15. The lowest BCUT2D eigenvalue weighted by atomic mass is 9.96.